The van der Waals surface area contributed by atoms with E-state index in [9.17, 15) is 69.0 Å². The highest BCUT2D eigenvalue weighted by molar-refractivity contribution is 7.54. The summed E-state index contributed by atoms with van der Waals surface area (Å²) in [5.41, 5.74) is 6.86. The summed E-state index contributed by atoms with van der Waals surface area (Å²) in [7, 11) is 14.8. The van der Waals surface area contributed by atoms with Gasteiger partial charge in [-0.15, -0.1) is 0 Å². The highest BCUT2D eigenvalue weighted by atomic mass is 35.8. The maximum absolute atomic E-state index is 11.7. The Morgan fingerprint density at radius 2 is 0.667 bits per heavy atom. The van der Waals surface area contributed by atoms with E-state index in [2.05, 4.69) is 31.5 Å². The summed E-state index contributed by atoms with van der Waals surface area (Å²) in [5.74, 6) is -4.61. The Balaban J connectivity index is 0.000000225. The number of carboxylic acid groups (broad SMARTS) is 3. The Hall–Kier alpha value is -11.3. The number of rotatable bonds is 11. The first-order valence-corrected chi connectivity index (χ1v) is 34.3. The van der Waals surface area contributed by atoms with Crippen molar-refractivity contribution in [2.24, 2.45) is 0 Å². The van der Waals surface area contributed by atoms with E-state index >= 15 is 0 Å². The number of carbonyl (C=O) groups excluding carboxylic acids is 5. The van der Waals surface area contributed by atoms with Crippen LogP contribution in [0.15, 0.2) is 158 Å². The predicted octanol–water partition coefficient (Wildman–Crippen LogP) is 15.5. The molecule has 0 aliphatic rings. The molecule has 0 aliphatic carbocycles. The van der Waals surface area contributed by atoms with Gasteiger partial charge in [-0.25, -0.2) is 64.5 Å². The van der Waals surface area contributed by atoms with Crippen LogP contribution in [0.1, 0.15) is 134 Å². The molecule has 0 atom stereocenters. The third-order valence-corrected chi connectivity index (χ3v) is 13.4. The van der Waals surface area contributed by atoms with Crippen LogP contribution in [0.5, 0.6) is 40.2 Å². The number of aldehydes is 1. The van der Waals surface area contributed by atoms with Crippen molar-refractivity contribution < 1.29 is 89.4 Å². The third-order valence-electron chi connectivity index (χ3n) is 13.4. The maximum atomic E-state index is 11.7. The lowest BCUT2D eigenvalue weighted by Crippen LogP contribution is -1.97. The quantitative estimate of drug-likeness (QED) is 0.0249. The van der Waals surface area contributed by atoms with Crippen molar-refractivity contribution in [3.05, 3.63) is 231 Å². The van der Waals surface area contributed by atoms with E-state index in [0.717, 1.165) is 22.8 Å². The smallest absolute Gasteiger partial charge is 0.507 e. The van der Waals surface area contributed by atoms with E-state index < -0.39 is 29.3 Å². The second-order valence-corrected chi connectivity index (χ2v) is 27.7. The zero-order valence-corrected chi connectivity index (χ0v) is 57.2. The number of Topliss-reactive ketones (excluding diaryl/α,β-unsaturated/α-hetero) is 3. The van der Waals surface area contributed by atoms with Gasteiger partial charge in [0.05, 0.1) is 11.4 Å². The lowest BCUT2D eigenvalue weighted by molar-refractivity contribution is -0.109. The van der Waals surface area contributed by atoms with Gasteiger partial charge in [-0.2, -0.15) is 0 Å². The van der Waals surface area contributed by atoms with E-state index in [1.54, 1.807) is 85.0 Å². The third kappa shape index (κ3) is 22.9. The second kappa shape index (κ2) is 36.7. The van der Waals surface area contributed by atoms with Crippen LogP contribution in [-0.2, 0) is 4.79 Å². The number of aromatic nitrogens is 4. The summed E-state index contributed by atoms with van der Waals surface area (Å²) >= 11 is 2.91. The number of aromatic hydroxyl groups is 7. The number of benzene rings is 7. The molecule has 0 fully saturated rings. The highest BCUT2D eigenvalue weighted by Crippen LogP contribution is 2.31. The molecule has 11 rings (SSSR count). The number of aromatic carboxylic acids is 3. The first-order valence-electron chi connectivity index (χ1n) is 28.7. The van der Waals surface area contributed by atoms with Crippen molar-refractivity contribution in [2.75, 3.05) is 0 Å². The van der Waals surface area contributed by atoms with Crippen LogP contribution in [0.3, 0.4) is 0 Å². The number of fused-ring (bicyclic) bond motifs is 4. The Labute approximate surface area is 585 Å². The van der Waals surface area contributed by atoms with Gasteiger partial charge in [-0.3, -0.25) is 24.0 Å². The van der Waals surface area contributed by atoms with Gasteiger partial charge >= 0.3 is 29.3 Å². The second-order valence-electron chi connectivity index (χ2n) is 20.7. The van der Waals surface area contributed by atoms with E-state index in [-0.39, 0.29) is 85.1 Å². The fraction of sp³-hybridized carbons (Fsp3) is 0.0833. The molecule has 4 aromatic heterocycles. The van der Waals surface area contributed by atoms with Gasteiger partial charge < -0.3 is 51.1 Å². The van der Waals surface area contributed by atoms with E-state index in [0.29, 0.717) is 83.7 Å². The van der Waals surface area contributed by atoms with Gasteiger partial charge in [0.15, 0.2) is 17.3 Å². The summed E-state index contributed by atoms with van der Waals surface area (Å²) in [6.45, 7) is 9.45. The number of para-hydroxylation sites is 1. The molecular formula is C72H59AlCl4N4O18. The number of halogens is 4. The van der Waals surface area contributed by atoms with E-state index in [1.165, 1.54) is 82.3 Å². The Morgan fingerprint density at radius 1 is 0.364 bits per heavy atom. The molecule has 0 radical (unpaired) electrons. The number of ketones is 3. The van der Waals surface area contributed by atoms with Gasteiger partial charge in [-0.1, -0.05) is 48.6 Å². The van der Waals surface area contributed by atoms with Crippen LogP contribution >= 0.6 is 41.7 Å². The molecule has 99 heavy (non-hydrogen) atoms. The standard InChI is InChI=1S/2C20H15NO5.C12H11NO2.C10H9NO.C8H6O4.C2H3ClO.Al.3ClH/c2*1-11(22)14-7-9-18(24)19-15(14)6-5-13(21-19)4-2-12-3-8-17(23)16(10-12)20(25)26;1-7-3-4-10-9(8(2)14)5-6-11(15)12(10)13-7;1-7-5-6-8-3-2-4-9(12)10(8)11-7;9-4-5-1-2-7(10)6(3-5)8(11)12;1-2(3)4;;;;/h2*2-10,23-24H,1H3,(H,25,26);3-6,15H,1-2H3;2-6,12H,1H3;1-4,10H,(H,11,12);1H3;;3*1H/q;;;;;;+3;;;/p-3/b2*4-2+;;;;;;;;. The SMILES string of the molecule is CC(=O)Cl.CC(=O)c1ccc(O)c2nc(/C=C/c3ccc(O)c(C(=O)O)c3)ccc12.CC(=O)c1ccc(O)c2nc(/C=C/c3ccc(O)c(C(=O)O)c3)ccc12.CC(=O)c1ccc(O)c2nc(C)ccc12.Cc1ccc2cccc(O)c2n1.O=Cc1ccc(O)c(C(=O)O)c1.[Cl][Al]([Cl])[Cl]. The molecule has 0 bridgehead atoms. The molecule has 27 heteroatoms. The molecule has 0 unspecified atom stereocenters. The zero-order chi connectivity index (χ0) is 73.5. The molecule has 7 aromatic carbocycles. The summed E-state index contributed by atoms with van der Waals surface area (Å²) in [6, 6.07) is 40.9. The fourth-order valence-corrected chi connectivity index (χ4v) is 8.89. The highest BCUT2D eigenvalue weighted by Gasteiger charge is 2.16. The number of phenols is 7. The van der Waals surface area contributed by atoms with Gasteiger partial charge in [0.25, 0.3) is 0 Å². The molecule has 10 N–H and O–H groups in total. The molecule has 0 amide bonds. The number of aryl methyl sites for hydroxylation is 2. The summed E-state index contributed by atoms with van der Waals surface area (Å²) in [4.78, 5) is 104. The van der Waals surface area contributed by atoms with Crippen LogP contribution in [0.2, 0.25) is 0 Å². The Morgan fingerprint density at radius 3 is 1.02 bits per heavy atom. The number of carbonyl (C=O) groups is 8. The van der Waals surface area contributed by atoms with Crippen molar-refractivity contribution in [2.45, 2.75) is 41.5 Å². The van der Waals surface area contributed by atoms with Crippen LogP contribution in [0.4, 0.5) is 0 Å². The normalized spacial score (nSPS) is 10.4. The largest absolute Gasteiger partial charge is 0.643 e. The minimum absolute atomic E-state index is 0.0225. The number of carboxylic acids is 3. The molecule has 0 spiro atoms. The molecule has 11 aromatic rings. The fourth-order valence-electron chi connectivity index (χ4n) is 8.89. The zero-order valence-electron chi connectivity index (χ0n) is 53.0. The Kier molecular flexibility index (Phi) is 29.1. The van der Waals surface area contributed by atoms with Gasteiger partial charge in [0, 0.05) is 62.1 Å². The van der Waals surface area contributed by atoms with E-state index in [1.807, 2.05) is 50.2 Å². The Bertz CT molecular complexity index is 4790. The molecule has 0 saturated heterocycles. The van der Waals surface area contributed by atoms with Crippen molar-refractivity contribution in [3.63, 3.8) is 0 Å². The van der Waals surface area contributed by atoms with E-state index in [4.69, 9.17) is 50.6 Å². The monoisotopic (exact) mass is 1430 g/mol. The molecular weight excluding hydrogens is 1380 g/mol. The lowest BCUT2D eigenvalue weighted by Gasteiger charge is -2.06. The summed E-state index contributed by atoms with van der Waals surface area (Å²) in [6.07, 6.45) is 7.11. The maximum Gasteiger partial charge on any atom is 0.643 e. The predicted molar refractivity (Wildman–Crippen MR) is 381 cm³/mol. The first kappa shape index (κ1) is 78.4. The van der Waals surface area contributed by atoms with Crippen LogP contribution in [-0.4, -0.2) is 129 Å². The molecule has 4 heterocycles. The van der Waals surface area contributed by atoms with Crippen LogP contribution in [0.25, 0.3) is 67.9 Å². The molecule has 0 saturated carbocycles. The van der Waals surface area contributed by atoms with Crippen molar-refractivity contribution in [1.82, 2.24) is 19.9 Å². The molecule has 506 valence electrons. The van der Waals surface area contributed by atoms with Gasteiger partial charge in [0.1, 0.15) is 85.3 Å². The lowest BCUT2D eigenvalue weighted by atomic mass is 10.0. The topological polar surface area (TPSA) is 390 Å². The van der Waals surface area contributed by atoms with Crippen LogP contribution < -0.4 is 0 Å². The number of pyridine rings is 4. The summed E-state index contributed by atoms with van der Waals surface area (Å²) in [5, 5.41) is 96.2. The molecule has 0 aliphatic heterocycles. The van der Waals surface area contributed by atoms with Crippen molar-refractivity contribution in [3.8, 4) is 40.2 Å². The number of hydrogen-bond acceptors (Lipinski definition) is 19. The summed E-state index contributed by atoms with van der Waals surface area (Å²) < 4.78 is 0. The average Bonchev–Trinajstić information content (AvgIpc) is 0.806. The van der Waals surface area contributed by atoms with Gasteiger partial charge in [-0.05, 0) is 191 Å². The number of hydrogen-bond donors (Lipinski definition) is 10. The number of nitrogens with zero attached hydrogens (tertiary/aromatic N) is 4. The minimum Gasteiger partial charge on any atom is -0.507 e. The van der Waals surface area contributed by atoms with Crippen molar-refractivity contribution in [1.29, 1.82) is 0 Å². The van der Waals surface area contributed by atoms with Crippen molar-refractivity contribution >= 4 is 168 Å². The average molecular weight is 1440 g/mol. The minimum atomic E-state index is -1.72. The molecule has 22 nitrogen and oxygen atoms in total. The van der Waals surface area contributed by atoms with Gasteiger partial charge in [0.2, 0.25) is 5.24 Å². The number of phenolic OH excluding ortho intramolecular Hbond substituents is 4. The van der Waals surface area contributed by atoms with Crippen LogP contribution in [0, 0.1) is 13.8 Å². The first-order chi connectivity index (χ1) is 46.7.